The number of carbonyl (C=O) groups excluding carboxylic acids is 5. The van der Waals surface area contributed by atoms with Crippen molar-refractivity contribution in [3.8, 4) is 0 Å². The van der Waals surface area contributed by atoms with E-state index in [1.165, 1.54) is 52.0 Å². The highest BCUT2D eigenvalue weighted by Gasteiger charge is 2.79. The molecule has 16 heteroatoms. The molecule has 16 nitrogen and oxygen atoms in total. The SMILES string of the molecule is CC(=O)O[C@@]12COC1C[C@H](O)[C@@]1(C)C(=O)[C@H](O)C3=C(C)[C@@H](OC(=O)[C@H](O)[C@@H](NC(=O)OC(C)(C)C)c4ccccc4)[C@H](O)[C@@](O)([C@@H](OC(=O)c4ccccc4)[C@@H]12)C3(C)C. The number of amides is 1. The van der Waals surface area contributed by atoms with Crippen molar-refractivity contribution in [2.75, 3.05) is 6.61 Å². The molecular formula is C43H53NO15. The van der Waals surface area contributed by atoms with Crippen molar-refractivity contribution in [1.29, 1.82) is 0 Å². The van der Waals surface area contributed by atoms with Crippen LogP contribution in [0.25, 0.3) is 0 Å². The highest BCUT2D eigenvalue weighted by atomic mass is 16.6. The molecule has 6 N–H and O–H groups in total. The second-order valence-electron chi connectivity index (χ2n) is 17.6. The number of hydrogen-bond acceptors (Lipinski definition) is 15. The van der Waals surface area contributed by atoms with E-state index >= 15 is 0 Å². The van der Waals surface area contributed by atoms with Crippen LogP contribution in [0.1, 0.15) is 83.8 Å². The van der Waals surface area contributed by atoms with Gasteiger partial charge in [0.15, 0.2) is 23.6 Å². The van der Waals surface area contributed by atoms with E-state index < -0.39 is 112 Å². The van der Waals surface area contributed by atoms with E-state index in [0.29, 0.717) is 0 Å². The Bertz CT molecular complexity index is 2010. The summed E-state index contributed by atoms with van der Waals surface area (Å²) in [4.78, 5) is 69.0. The fraction of sp³-hybridized carbons (Fsp3) is 0.558. The second kappa shape index (κ2) is 15.4. The molecule has 1 heterocycles. The third-order valence-electron chi connectivity index (χ3n) is 12.6. The van der Waals surface area contributed by atoms with E-state index in [2.05, 4.69) is 5.32 Å². The number of hydrogen-bond donors (Lipinski definition) is 6. The van der Waals surface area contributed by atoms with Crippen LogP contribution in [0.5, 0.6) is 0 Å². The van der Waals surface area contributed by atoms with Gasteiger partial charge in [-0.05, 0) is 63.5 Å². The zero-order valence-electron chi connectivity index (χ0n) is 34.2. The summed E-state index contributed by atoms with van der Waals surface area (Å²) in [5, 5.41) is 64.2. The Balaban J connectivity index is 1.52. The van der Waals surface area contributed by atoms with E-state index in [1.54, 1.807) is 57.2 Å². The van der Waals surface area contributed by atoms with Gasteiger partial charge in [-0.1, -0.05) is 62.4 Å². The minimum atomic E-state index is -2.84. The number of fused-ring (bicyclic) bond motifs is 5. The average Bonchev–Trinajstić information content (AvgIpc) is 3.16. The molecule has 2 aromatic rings. The number of carbonyl (C=O) groups is 5. The summed E-state index contributed by atoms with van der Waals surface area (Å²) in [6, 6.07) is 14.1. The van der Waals surface area contributed by atoms with Crippen LogP contribution in [-0.2, 0) is 38.1 Å². The summed E-state index contributed by atoms with van der Waals surface area (Å²) >= 11 is 0. The van der Waals surface area contributed by atoms with E-state index in [0.717, 1.165) is 6.92 Å². The van der Waals surface area contributed by atoms with Gasteiger partial charge in [-0.2, -0.15) is 0 Å². The Hall–Kier alpha value is -4.71. The minimum absolute atomic E-state index is 0.00359. The molecule has 2 bridgehead atoms. The third-order valence-corrected chi connectivity index (χ3v) is 12.6. The first-order valence-corrected chi connectivity index (χ1v) is 19.5. The Morgan fingerprint density at radius 3 is 2.07 bits per heavy atom. The Morgan fingerprint density at radius 2 is 1.53 bits per heavy atom. The fourth-order valence-electron chi connectivity index (χ4n) is 9.70. The van der Waals surface area contributed by atoms with Gasteiger partial charge < -0.3 is 54.5 Å². The number of esters is 3. The van der Waals surface area contributed by atoms with Crippen molar-refractivity contribution in [3.63, 3.8) is 0 Å². The van der Waals surface area contributed by atoms with Crippen LogP contribution in [0.4, 0.5) is 4.79 Å². The predicted molar refractivity (Wildman–Crippen MR) is 205 cm³/mol. The second-order valence-corrected chi connectivity index (χ2v) is 17.6. The lowest BCUT2D eigenvalue weighted by molar-refractivity contribution is -0.352. The van der Waals surface area contributed by atoms with Crippen LogP contribution in [0.3, 0.4) is 0 Å². The molecular weight excluding hydrogens is 770 g/mol. The average molecular weight is 824 g/mol. The highest BCUT2D eigenvalue weighted by Crippen LogP contribution is 2.64. The lowest BCUT2D eigenvalue weighted by Gasteiger charge is -2.67. The van der Waals surface area contributed by atoms with Crippen molar-refractivity contribution in [3.05, 3.63) is 82.9 Å². The van der Waals surface area contributed by atoms with Gasteiger partial charge in [-0.15, -0.1) is 0 Å². The molecule has 0 radical (unpaired) electrons. The summed E-state index contributed by atoms with van der Waals surface area (Å²) in [5.74, 6) is -5.96. The Labute approximate surface area is 341 Å². The zero-order valence-corrected chi connectivity index (χ0v) is 34.2. The van der Waals surface area contributed by atoms with Gasteiger partial charge in [0.2, 0.25) is 0 Å². The molecule has 320 valence electrons. The van der Waals surface area contributed by atoms with Crippen molar-refractivity contribution in [2.45, 2.75) is 127 Å². The quantitative estimate of drug-likeness (QED) is 0.127. The van der Waals surface area contributed by atoms with Crippen LogP contribution in [-0.4, -0.2) is 121 Å². The van der Waals surface area contributed by atoms with E-state index in [9.17, 15) is 49.5 Å². The lowest BCUT2D eigenvalue weighted by Crippen LogP contribution is -2.83. The lowest BCUT2D eigenvalue weighted by atomic mass is 9.44. The first-order valence-electron chi connectivity index (χ1n) is 19.5. The molecule has 0 aromatic heterocycles. The number of nitrogens with one attached hydrogen (secondary N) is 1. The monoisotopic (exact) mass is 823 g/mol. The first-order chi connectivity index (χ1) is 27.4. The molecule has 3 fully saturated rings. The van der Waals surface area contributed by atoms with Gasteiger partial charge in [-0.25, -0.2) is 14.4 Å². The molecule has 6 rings (SSSR count). The fourth-order valence-corrected chi connectivity index (χ4v) is 9.70. The predicted octanol–water partition coefficient (Wildman–Crippen LogP) is 2.23. The molecule has 3 aliphatic carbocycles. The number of aliphatic hydroxyl groups excluding tert-OH is 4. The van der Waals surface area contributed by atoms with Crippen LogP contribution in [0.2, 0.25) is 0 Å². The summed E-state index contributed by atoms with van der Waals surface area (Å²) < 4.78 is 29.2. The number of ether oxygens (including phenoxy) is 5. The van der Waals surface area contributed by atoms with Gasteiger partial charge in [0.1, 0.15) is 35.6 Å². The molecule has 2 saturated carbocycles. The smallest absolute Gasteiger partial charge is 0.408 e. The maximum absolute atomic E-state index is 15.0. The van der Waals surface area contributed by atoms with Crippen LogP contribution >= 0.6 is 0 Å². The minimum Gasteiger partial charge on any atom is -0.455 e. The number of ketones is 1. The largest absolute Gasteiger partial charge is 0.455 e. The van der Waals surface area contributed by atoms with Crippen LogP contribution in [0.15, 0.2) is 71.8 Å². The van der Waals surface area contributed by atoms with E-state index in [-0.39, 0.29) is 35.3 Å². The molecule has 2 aromatic carbocycles. The van der Waals surface area contributed by atoms with Crippen molar-refractivity contribution >= 4 is 29.8 Å². The number of alkyl carbamates (subject to hydrolysis) is 1. The molecule has 12 atom stereocenters. The summed E-state index contributed by atoms with van der Waals surface area (Å²) in [6.45, 7) is 11.1. The Morgan fingerprint density at radius 1 is 0.932 bits per heavy atom. The number of aliphatic hydroxyl groups is 5. The van der Waals surface area contributed by atoms with Crippen LogP contribution in [0, 0.1) is 16.7 Å². The topological polar surface area (TPSA) is 245 Å². The standard InChI is InChI=1S/C43H53NO15/c1-21-27-29(47)33(49)41(8)25(46)19-26-42(20-55-26,58-22(2)45)32(41)35(57-36(51)24-17-13-10-14-18-24)43(54,40(27,6)7)34(50)31(21)56-37(52)30(48)28(23-15-11-9-12-16-23)44-38(53)59-39(3,4)5/h9-18,25-26,28-32,34-35,46-48,50,54H,19-20H2,1-8H3,(H,44,53)/t25-,26?,28-,29+,30+,31+,32-,34-,35-,41+,42-,43+/m0/s1. The maximum Gasteiger partial charge on any atom is 0.408 e. The Kier molecular flexibility index (Phi) is 11.4. The number of benzene rings is 2. The molecule has 59 heavy (non-hydrogen) atoms. The van der Waals surface area contributed by atoms with E-state index in [1.807, 2.05) is 0 Å². The van der Waals surface area contributed by atoms with Gasteiger partial charge in [-0.3, -0.25) is 9.59 Å². The van der Waals surface area contributed by atoms with Gasteiger partial charge >= 0.3 is 24.0 Å². The summed E-state index contributed by atoms with van der Waals surface area (Å²) in [7, 11) is 0. The van der Waals surface area contributed by atoms with Crippen LogP contribution < -0.4 is 5.32 Å². The molecule has 1 saturated heterocycles. The van der Waals surface area contributed by atoms with Crippen molar-refractivity contribution in [1.82, 2.24) is 5.32 Å². The van der Waals surface area contributed by atoms with Gasteiger partial charge in [0.25, 0.3) is 0 Å². The zero-order chi connectivity index (χ0) is 43.6. The molecule has 1 aliphatic heterocycles. The third kappa shape index (κ3) is 7.12. The molecule has 4 aliphatic rings. The molecule has 1 unspecified atom stereocenters. The highest BCUT2D eigenvalue weighted by molar-refractivity contribution is 5.94. The first kappa shape index (κ1) is 43.9. The van der Waals surface area contributed by atoms with Gasteiger partial charge in [0.05, 0.1) is 35.6 Å². The maximum atomic E-state index is 15.0. The summed E-state index contributed by atoms with van der Waals surface area (Å²) in [5.41, 5.74) is -9.75. The van der Waals surface area contributed by atoms with Crippen molar-refractivity contribution < 1.29 is 73.2 Å². The van der Waals surface area contributed by atoms with Crippen molar-refractivity contribution in [2.24, 2.45) is 16.7 Å². The van der Waals surface area contributed by atoms with E-state index in [4.69, 9.17) is 23.7 Å². The number of rotatable bonds is 8. The molecule has 0 spiro atoms. The summed E-state index contributed by atoms with van der Waals surface area (Å²) in [6.07, 6.45) is -14.5. The molecule has 1 amide bonds. The van der Waals surface area contributed by atoms with Gasteiger partial charge in [0, 0.05) is 18.8 Å². The normalized spacial score (nSPS) is 34.6. The number of Topliss-reactive ketones (excluding diaryl/α,β-unsaturated/α-hetero) is 1.